The normalized spacial score (nSPS) is 10.7. The van der Waals surface area contributed by atoms with Crippen LogP contribution in [0, 0.1) is 0 Å². The van der Waals surface area contributed by atoms with Crippen LogP contribution < -0.4 is 4.74 Å². The van der Waals surface area contributed by atoms with Crippen molar-refractivity contribution in [2.24, 2.45) is 5.16 Å². The molecule has 92 valence electrons. The lowest BCUT2D eigenvalue weighted by Crippen LogP contribution is -1.95. The minimum absolute atomic E-state index is 0.499. The zero-order valence-electron chi connectivity index (χ0n) is 9.58. The van der Waals surface area contributed by atoms with Gasteiger partial charge in [-0.2, -0.15) is 0 Å². The van der Waals surface area contributed by atoms with Gasteiger partial charge in [-0.15, -0.1) is 0 Å². The predicted molar refractivity (Wildman–Crippen MR) is 74.3 cm³/mol. The average Bonchev–Trinajstić information content (AvgIpc) is 2.37. The Hall–Kier alpha value is -1.81. The van der Waals surface area contributed by atoms with E-state index in [9.17, 15) is 0 Å². The summed E-state index contributed by atoms with van der Waals surface area (Å²) < 4.78 is 6.70. The van der Waals surface area contributed by atoms with Crippen LogP contribution in [0.1, 0.15) is 11.1 Å². The van der Waals surface area contributed by atoms with Crippen molar-refractivity contribution in [2.45, 2.75) is 6.61 Å². The Balaban J connectivity index is 2.04. The molecule has 0 bridgehead atoms. The first-order chi connectivity index (χ1) is 8.78. The fourth-order valence-corrected chi connectivity index (χ4v) is 1.99. The van der Waals surface area contributed by atoms with Crippen molar-refractivity contribution in [3.05, 3.63) is 64.1 Å². The zero-order valence-corrected chi connectivity index (χ0v) is 11.2. The summed E-state index contributed by atoms with van der Waals surface area (Å²) in [7, 11) is 0. The van der Waals surface area contributed by atoms with E-state index in [2.05, 4.69) is 21.1 Å². The highest BCUT2D eigenvalue weighted by molar-refractivity contribution is 9.10. The van der Waals surface area contributed by atoms with E-state index in [1.165, 1.54) is 6.21 Å². The number of benzene rings is 2. The Morgan fingerprint density at radius 1 is 1.17 bits per heavy atom. The summed E-state index contributed by atoms with van der Waals surface area (Å²) in [5, 5.41) is 11.5. The van der Waals surface area contributed by atoms with Crippen molar-refractivity contribution in [3.8, 4) is 5.75 Å². The van der Waals surface area contributed by atoms with Crippen LogP contribution in [-0.2, 0) is 6.61 Å². The minimum atomic E-state index is 0.499. The van der Waals surface area contributed by atoms with Crippen LogP contribution in [0.3, 0.4) is 0 Å². The Labute approximate surface area is 114 Å². The highest BCUT2D eigenvalue weighted by atomic mass is 79.9. The van der Waals surface area contributed by atoms with Gasteiger partial charge in [0, 0.05) is 4.47 Å². The van der Waals surface area contributed by atoms with Gasteiger partial charge in [0.2, 0.25) is 0 Å². The van der Waals surface area contributed by atoms with Crippen LogP contribution in [0.5, 0.6) is 5.75 Å². The monoisotopic (exact) mass is 305 g/mol. The van der Waals surface area contributed by atoms with Crippen molar-refractivity contribution >= 4 is 22.1 Å². The molecule has 0 aliphatic rings. The van der Waals surface area contributed by atoms with E-state index in [0.717, 1.165) is 21.3 Å². The number of hydrogen-bond donors (Lipinski definition) is 1. The Morgan fingerprint density at radius 2 is 2.00 bits per heavy atom. The molecule has 1 N–H and O–H groups in total. The third-order valence-corrected chi connectivity index (χ3v) is 2.85. The largest absolute Gasteiger partial charge is 0.489 e. The molecule has 18 heavy (non-hydrogen) atoms. The molecule has 0 aliphatic carbocycles. The average molecular weight is 306 g/mol. The smallest absolute Gasteiger partial charge is 0.120 e. The van der Waals surface area contributed by atoms with Crippen molar-refractivity contribution in [2.75, 3.05) is 0 Å². The SMILES string of the molecule is O/N=C/c1cccc(OCc2cccc(Br)c2)c1. The van der Waals surface area contributed by atoms with E-state index >= 15 is 0 Å². The molecule has 4 heteroatoms. The molecule has 0 saturated heterocycles. The molecule has 2 rings (SSSR count). The third-order valence-electron chi connectivity index (χ3n) is 2.36. The maximum Gasteiger partial charge on any atom is 0.120 e. The Morgan fingerprint density at radius 3 is 2.78 bits per heavy atom. The summed E-state index contributed by atoms with van der Waals surface area (Å²) in [6.07, 6.45) is 1.37. The molecule has 0 amide bonds. The van der Waals surface area contributed by atoms with Crippen LogP contribution in [0.15, 0.2) is 58.2 Å². The molecule has 0 radical (unpaired) electrons. The number of halogens is 1. The highest BCUT2D eigenvalue weighted by Crippen LogP contribution is 2.16. The van der Waals surface area contributed by atoms with Gasteiger partial charge in [-0.25, -0.2) is 0 Å². The van der Waals surface area contributed by atoms with Crippen molar-refractivity contribution in [3.63, 3.8) is 0 Å². The second-order valence-corrected chi connectivity index (χ2v) is 4.65. The van der Waals surface area contributed by atoms with Crippen molar-refractivity contribution < 1.29 is 9.94 Å². The quantitative estimate of drug-likeness (QED) is 0.530. The van der Waals surface area contributed by atoms with E-state index in [4.69, 9.17) is 9.94 Å². The number of ether oxygens (including phenoxy) is 1. The lowest BCUT2D eigenvalue weighted by Gasteiger charge is -2.07. The number of rotatable bonds is 4. The number of hydrogen-bond acceptors (Lipinski definition) is 3. The van der Waals surface area contributed by atoms with Crippen LogP contribution in [0.25, 0.3) is 0 Å². The second kappa shape index (κ2) is 6.21. The van der Waals surface area contributed by atoms with E-state index in [-0.39, 0.29) is 0 Å². The molecule has 0 heterocycles. The van der Waals surface area contributed by atoms with Gasteiger partial charge in [0.1, 0.15) is 12.4 Å². The van der Waals surface area contributed by atoms with Gasteiger partial charge < -0.3 is 9.94 Å². The van der Waals surface area contributed by atoms with Crippen LogP contribution in [-0.4, -0.2) is 11.4 Å². The number of oxime groups is 1. The summed E-state index contributed by atoms with van der Waals surface area (Å²) in [6.45, 7) is 0.499. The van der Waals surface area contributed by atoms with Gasteiger partial charge in [0.25, 0.3) is 0 Å². The van der Waals surface area contributed by atoms with Gasteiger partial charge in [-0.3, -0.25) is 0 Å². The first-order valence-corrected chi connectivity index (χ1v) is 6.22. The fourth-order valence-electron chi connectivity index (χ4n) is 1.54. The first kappa shape index (κ1) is 12.6. The maximum atomic E-state index is 8.47. The van der Waals surface area contributed by atoms with Crippen molar-refractivity contribution in [1.29, 1.82) is 0 Å². The molecule has 0 saturated carbocycles. The topological polar surface area (TPSA) is 41.8 Å². The van der Waals surface area contributed by atoms with Crippen LogP contribution in [0.4, 0.5) is 0 Å². The molecule has 2 aromatic rings. The standard InChI is InChI=1S/C14H12BrNO2/c15-13-5-1-4-12(7-13)10-18-14-6-2-3-11(8-14)9-16-17/h1-9,17H,10H2/b16-9+. The molecule has 3 nitrogen and oxygen atoms in total. The Kier molecular flexibility index (Phi) is 4.36. The summed E-state index contributed by atoms with van der Waals surface area (Å²) in [4.78, 5) is 0. The Bertz CT molecular complexity index is 555. The van der Waals surface area contributed by atoms with Gasteiger partial charge in [0.15, 0.2) is 0 Å². The summed E-state index contributed by atoms with van der Waals surface area (Å²) in [5.74, 6) is 0.743. The fraction of sp³-hybridized carbons (Fsp3) is 0.0714. The molecule has 2 aromatic carbocycles. The second-order valence-electron chi connectivity index (χ2n) is 3.74. The van der Waals surface area contributed by atoms with Gasteiger partial charge in [-0.05, 0) is 35.4 Å². The van der Waals surface area contributed by atoms with Gasteiger partial charge in [0.05, 0.1) is 6.21 Å². The molecule has 0 unspecified atom stereocenters. The first-order valence-electron chi connectivity index (χ1n) is 5.42. The molecule has 0 fully saturated rings. The van der Waals surface area contributed by atoms with E-state index in [1.54, 1.807) is 0 Å². The minimum Gasteiger partial charge on any atom is -0.489 e. The molecule has 0 aromatic heterocycles. The summed E-state index contributed by atoms with van der Waals surface area (Å²) in [6, 6.07) is 15.3. The van der Waals surface area contributed by atoms with Crippen LogP contribution in [0.2, 0.25) is 0 Å². The van der Waals surface area contributed by atoms with E-state index in [1.807, 2.05) is 48.5 Å². The molecular formula is C14H12BrNO2. The van der Waals surface area contributed by atoms with Gasteiger partial charge in [-0.1, -0.05) is 45.4 Å². The van der Waals surface area contributed by atoms with Crippen molar-refractivity contribution in [1.82, 2.24) is 0 Å². The van der Waals surface area contributed by atoms with E-state index < -0.39 is 0 Å². The van der Waals surface area contributed by atoms with E-state index in [0.29, 0.717) is 6.61 Å². The zero-order chi connectivity index (χ0) is 12.8. The molecule has 0 aliphatic heterocycles. The lowest BCUT2D eigenvalue weighted by atomic mass is 10.2. The predicted octanol–water partition coefficient (Wildman–Crippen LogP) is 3.84. The lowest BCUT2D eigenvalue weighted by molar-refractivity contribution is 0.306. The maximum absolute atomic E-state index is 8.47. The summed E-state index contributed by atoms with van der Waals surface area (Å²) >= 11 is 3.42. The molecular weight excluding hydrogens is 294 g/mol. The third kappa shape index (κ3) is 3.60. The molecule has 0 spiro atoms. The number of nitrogens with zero attached hydrogens (tertiary/aromatic N) is 1. The highest BCUT2D eigenvalue weighted by Gasteiger charge is 1.98. The van der Waals surface area contributed by atoms with Crippen LogP contribution >= 0.6 is 15.9 Å². The van der Waals surface area contributed by atoms with Gasteiger partial charge >= 0.3 is 0 Å². The summed E-state index contributed by atoms with van der Waals surface area (Å²) in [5.41, 5.74) is 1.88. The molecule has 0 atom stereocenters.